The monoisotopic (exact) mass is 672 g/mol. The predicted molar refractivity (Wildman–Crippen MR) is 171 cm³/mol. The number of nitro groups is 2. The number of esters is 2. The summed E-state index contributed by atoms with van der Waals surface area (Å²) < 4.78 is 36.1. The SMILES string of the molecule is COC1OC(COC(=O)c2ccc([N+](=O)[O-])cc2)C(OC(=O)c2ccc([N+](=O)[O-])cc2)C(OCc2ccccc2)C1OCc1ccccc1. The molecule has 4 aromatic carbocycles. The molecular formula is C35H32N2O12. The summed E-state index contributed by atoms with van der Waals surface area (Å²) in [5, 5.41) is 22.2. The van der Waals surface area contributed by atoms with Crippen LogP contribution in [0.4, 0.5) is 11.4 Å². The molecule has 1 aliphatic heterocycles. The molecule has 4 aromatic rings. The maximum absolute atomic E-state index is 13.5. The van der Waals surface area contributed by atoms with Crippen molar-refractivity contribution >= 4 is 23.3 Å². The van der Waals surface area contributed by atoms with E-state index in [0.717, 1.165) is 11.1 Å². The number of benzene rings is 4. The first-order chi connectivity index (χ1) is 23.7. The Bertz CT molecular complexity index is 1720. The molecule has 0 spiro atoms. The standard InChI is InChI=1S/C35H32N2O12/c1-44-35-32(46-21-24-10-6-3-7-11-24)31(45-20-23-8-4-2-5-9-23)30(49-34(39)26-14-18-28(19-15-26)37(42)43)29(48-35)22-47-33(38)25-12-16-27(17-13-25)36(40)41/h2-19,29-32,35H,20-22H2,1H3. The molecule has 0 N–H and O–H groups in total. The maximum atomic E-state index is 13.5. The van der Waals surface area contributed by atoms with Crippen LogP contribution in [0.25, 0.3) is 0 Å². The third-order valence-electron chi connectivity index (χ3n) is 7.64. The van der Waals surface area contributed by atoms with Crippen molar-refractivity contribution in [2.75, 3.05) is 13.7 Å². The van der Waals surface area contributed by atoms with Gasteiger partial charge in [-0.05, 0) is 35.4 Å². The molecule has 0 aliphatic carbocycles. The number of hydrogen-bond acceptors (Lipinski definition) is 12. The number of nitro benzene ring substituents is 2. The van der Waals surface area contributed by atoms with Gasteiger partial charge in [-0.2, -0.15) is 0 Å². The molecule has 1 fully saturated rings. The van der Waals surface area contributed by atoms with Gasteiger partial charge in [0.05, 0.1) is 34.2 Å². The average molecular weight is 673 g/mol. The first kappa shape index (κ1) is 34.8. The smallest absolute Gasteiger partial charge is 0.338 e. The Morgan fingerprint density at radius 2 is 1.12 bits per heavy atom. The second-order valence-electron chi connectivity index (χ2n) is 10.9. The Labute approximate surface area is 280 Å². The number of nitrogens with zero attached hydrogens (tertiary/aromatic N) is 2. The van der Waals surface area contributed by atoms with E-state index in [1.807, 2.05) is 60.7 Å². The van der Waals surface area contributed by atoms with Gasteiger partial charge in [0.25, 0.3) is 11.4 Å². The van der Waals surface area contributed by atoms with Crippen molar-refractivity contribution in [2.24, 2.45) is 0 Å². The van der Waals surface area contributed by atoms with Crippen LogP contribution in [0.3, 0.4) is 0 Å². The third kappa shape index (κ3) is 9.09. The molecule has 49 heavy (non-hydrogen) atoms. The molecule has 0 saturated carbocycles. The van der Waals surface area contributed by atoms with Gasteiger partial charge in [-0.25, -0.2) is 9.59 Å². The van der Waals surface area contributed by atoms with Crippen molar-refractivity contribution in [3.8, 4) is 0 Å². The van der Waals surface area contributed by atoms with Gasteiger partial charge in [-0.15, -0.1) is 0 Å². The molecule has 1 heterocycles. The molecule has 0 bridgehead atoms. The Morgan fingerprint density at radius 1 is 0.653 bits per heavy atom. The van der Waals surface area contributed by atoms with Gasteiger partial charge in [0, 0.05) is 31.4 Å². The van der Waals surface area contributed by atoms with Crippen molar-refractivity contribution in [1.29, 1.82) is 0 Å². The fraction of sp³-hybridized carbons (Fsp3) is 0.257. The van der Waals surface area contributed by atoms with Crippen LogP contribution in [0.15, 0.2) is 109 Å². The molecule has 5 rings (SSSR count). The molecule has 14 heteroatoms. The zero-order valence-electron chi connectivity index (χ0n) is 26.2. The van der Waals surface area contributed by atoms with E-state index in [1.54, 1.807) is 0 Å². The number of carbonyl (C=O) groups excluding carboxylic acids is 2. The summed E-state index contributed by atoms with van der Waals surface area (Å²) in [6.45, 7) is -0.235. The molecule has 1 aliphatic rings. The van der Waals surface area contributed by atoms with Gasteiger partial charge in [-0.1, -0.05) is 60.7 Å². The lowest BCUT2D eigenvalue weighted by Gasteiger charge is -2.44. The van der Waals surface area contributed by atoms with Crippen molar-refractivity contribution < 1.29 is 47.9 Å². The fourth-order valence-electron chi connectivity index (χ4n) is 5.11. The lowest BCUT2D eigenvalue weighted by molar-refractivity contribution is -0.385. The van der Waals surface area contributed by atoms with Gasteiger partial charge in [0.15, 0.2) is 12.4 Å². The molecule has 254 valence electrons. The molecule has 14 nitrogen and oxygen atoms in total. The number of methoxy groups -OCH3 is 1. The van der Waals surface area contributed by atoms with E-state index in [1.165, 1.54) is 55.6 Å². The minimum absolute atomic E-state index is 0.0182. The van der Waals surface area contributed by atoms with E-state index in [4.69, 9.17) is 28.4 Å². The number of carbonyl (C=O) groups is 2. The van der Waals surface area contributed by atoms with Gasteiger partial charge in [0.1, 0.15) is 24.9 Å². The number of hydrogen-bond donors (Lipinski definition) is 0. The molecule has 0 radical (unpaired) electrons. The largest absolute Gasteiger partial charge is 0.459 e. The van der Waals surface area contributed by atoms with Gasteiger partial charge >= 0.3 is 11.9 Å². The molecule has 0 amide bonds. The predicted octanol–water partition coefficient (Wildman–Crippen LogP) is 5.43. The van der Waals surface area contributed by atoms with Crippen molar-refractivity contribution in [2.45, 2.75) is 43.9 Å². The zero-order chi connectivity index (χ0) is 34.8. The van der Waals surface area contributed by atoms with E-state index in [2.05, 4.69) is 0 Å². The van der Waals surface area contributed by atoms with Crippen LogP contribution in [0.5, 0.6) is 0 Å². The number of rotatable bonds is 14. The molecule has 5 atom stereocenters. The van der Waals surface area contributed by atoms with Crippen LogP contribution < -0.4 is 0 Å². The Morgan fingerprint density at radius 3 is 1.59 bits per heavy atom. The highest BCUT2D eigenvalue weighted by Crippen LogP contribution is 2.31. The Hall–Kier alpha value is -5.54. The summed E-state index contributed by atoms with van der Waals surface area (Å²) in [6, 6.07) is 28.3. The van der Waals surface area contributed by atoms with Crippen LogP contribution >= 0.6 is 0 Å². The molecular weight excluding hydrogens is 640 g/mol. The minimum atomic E-state index is -1.25. The third-order valence-corrected chi connectivity index (χ3v) is 7.64. The highest BCUT2D eigenvalue weighted by molar-refractivity contribution is 5.90. The first-order valence-corrected chi connectivity index (χ1v) is 15.1. The normalized spacial score (nSPS) is 20.2. The van der Waals surface area contributed by atoms with Crippen molar-refractivity contribution in [1.82, 2.24) is 0 Å². The van der Waals surface area contributed by atoms with Gasteiger partial charge < -0.3 is 28.4 Å². The highest BCUT2D eigenvalue weighted by atomic mass is 16.7. The first-order valence-electron chi connectivity index (χ1n) is 15.1. The second-order valence-corrected chi connectivity index (χ2v) is 10.9. The average Bonchev–Trinajstić information content (AvgIpc) is 3.13. The van der Waals surface area contributed by atoms with Crippen LogP contribution in [-0.2, 0) is 41.6 Å². The summed E-state index contributed by atoms with van der Waals surface area (Å²) in [5.41, 5.74) is 1.31. The van der Waals surface area contributed by atoms with Crippen molar-refractivity contribution in [3.63, 3.8) is 0 Å². The Balaban J connectivity index is 1.45. The highest BCUT2D eigenvalue weighted by Gasteiger charge is 2.50. The fourth-order valence-corrected chi connectivity index (χ4v) is 5.11. The van der Waals surface area contributed by atoms with E-state index in [0.29, 0.717) is 0 Å². The van der Waals surface area contributed by atoms with Crippen molar-refractivity contribution in [3.05, 3.63) is 152 Å². The Kier molecular flexibility index (Phi) is 11.7. The summed E-state index contributed by atoms with van der Waals surface area (Å²) in [5.74, 6) is -1.65. The molecule has 1 saturated heterocycles. The molecule has 5 unspecified atom stereocenters. The van der Waals surface area contributed by atoms with Crippen LogP contribution in [-0.4, -0.2) is 66.2 Å². The van der Waals surface area contributed by atoms with E-state index in [-0.39, 0.29) is 35.7 Å². The van der Waals surface area contributed by atoms with Crippen LogP contribution in [0.2, 0.25) is 0 Å². The lowest BCUT2D eigenvalue weighted by atomic mass is 9.97. The van der Waals surface area contributed by atoms with Gasteiger partial charge in [-0.3, -0.25) is 20.2 Å². The maximum Gasteiger partial charge on any atom is 0.338 e. The summed E-state index contributed by atoms with van der Waals surface area (Å²) >= 11 is 0. The topological polar surface area (TPSA) is 176 Å². The van der Waals surface area contributed by atoms with Gasteiger partial charge in [0.2, 0.25) is 0 Å². The van der Waals surface area contributed by atoms with E-state index >= 15 is 0 Å². The molecule has 0 aromatic heterocycles. The number of ether oxygens (including phenoxy) is 6. The summed E-state index contributed by atoms with van der Waals surface area (Å²) in [4.78, 5) is 47.5. The van der Waals surface area contributed by atoms with E-state index < -0.39 is 59.1 Å². The van der Waals surface area contributed by atoms with E-state index in [9.17, 15) is 29.8 Å². The minimum Gasteiger partial charge on any atom is -0.459 e. The zero-order valence-corrected chi connectivity index (χ0v) is 26.2. The van der Waals surface area contributed by atoms with Crippen LogP contribution in [0, 0.1) is 20.2 Å². The summed E-state index contributed by atoms with van der Waals surface area (Å²) in [6.07, 6.45) is -5.45. The lowest BCUT2D eigenvalue weighted by Crippen LogP contribution is -2.62. The van der Waals surface area contributed by atoms with Crippen LogP contribution in [0.1, 0.15) is 31.8 Å². The summed E-state index contributed by atoms with van der Waals surface area (Å²) in [7, 11) is 1.40. The quantitative estimate of drug-likeness (QED) is 0.0945. The second kappa shape index (κ2) is 16.5. The number of non-ortho nitro benzene ring substituents is 2.